The van der Waals surface area contributed by atoms with Crippen LogP contribution in [0.25, 0.3) is 17.0 Å². The second-order valence-electron chi connectivity index (χ2n) is 11.3. The highest BCUT2D eigenvalue weighted by atomic mass is 32.2. The topological polar surface area (TPSA) is 24.2 Å². The van der Waals surface area contributed by atoms with E-state index in [-0.39, 0.29) is 5.92 Å². The van der Waals surface area contributed by atoms with Crippen molar-refractivity contribution in [3.05, 3.63) is 71.4 Å². The molecule has 1 aliphatic heterocycles. The molecule has 5 heteroatoms. The molecule has 4 nitrogen and oxygen atoms in total. The second-order valence-corrected chi connectivity index (χ2v) is 12.3. The fourth-order valence-electron chi connectivity index (χ4n) is 5.09. The molecule has 0 fully saturated rings. The molecule has 0 atom stereocenters. The monoisotopic (exact) mass is 517 g/mol. The summed E-state index contributed by atoms with van der Waals surface area (Å²) in [4.78, 5) is 15.4. The summed E-state index contributed by atoms with van der Waals surface area (Å²) in [6.45, 7) is 7.34. The van der Waals surface area contributed by atoms with Crippen LogP contribution in [0.3, 0.4) is 0 Å². The number of quaternary nitrogens is 1. The van der Waals surface area contributed by atoms with E-state index in [4.69, 9.17) is 0 Å². The van der Waals surface area contributed by atoms with Crippen molar-refractivity contribution in [3.63, 3.8) is 0 Å². The quantitative estimate of drug-likeness (QED) is 0.148. The Morgan fingerprint density at radius 1 is 0.973 bits per heavy atom. The lowest BCUT2D eigenvalue weighted by Gasteiger charge is -2.29. The molecule has 37 heavy (non-hydrogen) atoms. The van der Waals surface area contributed by atoms with Crippen LogP contribution in [-0.4, -0.2) is 44.5 Å². The van der Waals surface area contributed by atoms with Gasteiger partial charge < -0.3 is 9.38 Å². The van der Waals surface area contributed by atoms with Crippen LogP contribution in [-0.2, 0) is 11.3 Å². The number of rotatable bonds is 12. The number of carbonyl (C=O) groups is 1. The standard InChI is InChI=1S/C32H43N3OS/c1-25(2)30(36)17-7-6-12-22-35(4,5)23-13-20-34-21-19-26(27-14-8-9-15-28(27)34)24-32-33(3)29-16-10-11-18-31(29)37-32/h8-11,14-16,18-19,21,24-25H,6-7,12-13,17,20,22-23H2,1-5H3/q+2. The van der Waals surface area contributed by atoms with Crippen molar-refractivity contribution in [2.45, 2.75) is 57.4 Å². The van der Waals surface area contributed by atoms with Gasteiger partial charge in [0.15, 0.2) is 12.7 Å². The Labute approximate surface area is 227 Å². The molecule has 4 rings (SSSR count). The van der Waals surface area contributed by atoms with Gasteiger partial charge in [0.05, 0.1) is 49.7 Å². The number of fused-ring (bicyclic) bond motifs is 2. The van der Waals surface area contributed by atoms with E-state index >= 15 is 0 Å². The number of hydrogen-bond donors (Lipinski definition) is 0. The van der Waals surface area contributed by atoms with E-state index in [0.717, 1.165) is 43.3 Å². The zero-order chi connectivity index (χ0) is 26.4. The molecule has 0 unspecified atom stereocenters. The molecule has 1 aliphatic rings. The van der Waals surface area contributed by atoms with Gasteiger partial charge in [0.2, 0.25) is 5.52 Å². The summed E-state index contributed by atoms with van der Waals surface area (Å²) in [5.74, 6) is 0.575. The van der Waals surface area contributed by atoms with E-state index in [1.54, 1.807) is 0 Å². The number of benzene rings is 2. The predicted octanol–water partition coefficient (Wildman–Crippen LogP) is 6.92. The van der Waals surface area contributed by atoms with Crippen LogP contribution in [0.5, 0.6) is 0 Å². The summed E-state index contributed by atoms with van der Waals surface area (Å²) >= 11 is 1.84. The first kappa shape index (κ1) is 27.4. The van der Waals surface area contributed by atoms with Crippen LogP contribution in [0.2, 0.25) is 0 Å². The minimum Gasteiger partial charge on any atom is -0.338 e. The molecule has 3 aromatic rings. The van der Waals surface area contributed by atoms with E-state index in [0.29, 0.717) is 5.78 Å². The highest BCUT2D eigenvalue weighted by molar-refractivity contribution is 8.03. The lowest BCUT2D eigenvalue weighted by Crippen LogP contribution is -2.44. The van der Waals surface area contributed by atoms with Crippen LogP contribution in [0.15, 0.2) is 70.7 Å². The number of anilines is 1. The van der Waals surface area contributed by atoms with Gasteiger partial charge in [0, 0.05) is 36.4 Å². The maximum Gasteiger partial charge on any atom is 0.213 e. The lowest BCUT2D eigenvalue weighted by atomic mass is 10.0. The smallest absolute Gasteiger partial charge is 0.213 e. The first-order valence-electron chi connectivity index (χ1n) is 13.7. The molecule has 2 heterocycles. The highest BCUT2D eigenvalue weighted by Crippen LogP contribution is 2.45. The van der Waals surface area contributed by atoms with Crippen molar-refractivity contribution >= 4 is 40.2 Å². The molecular formula is C32H43N3OS+2. The number of ketones is 1. The Hall–Kier alpha value is -2.63. The van der Waals surface area contributed by atoms with Gasteiger partial charge in [-0.1, -0.05) is 49.9 Å². The van der Waals surface area contributed by atoms with Crippen LogP contribution in [0.4, 0.5) is 5.69 Å². The van der Waals surface area contributed by atoms with Crippen LogP contribution in [0.1, 0.15) is 51.5 Å². The molecule has 1 aromatic heterocycles. The van der Waals surface area contributed by atoms with Crippen molar-refractivity contribution < 1.29 is 13.8 Å². The van der Waals surface area contributed by atoms with E-state index in [2.05, 4.69) is 97.5 Å². The number of nitrogens with zero attached hydrogens (tertiary/aromatic N) is 3. The number of carbonyl (C=O) groups excluding carboxylic acids is 1. The normalized spacial score (nSPS) is 14.6. The number of unbranched alkanes of at least 4 members (excludes halogenated alkanes) is 2. The largest absolute Gasteiger partial charge is 0.338 e. The van der Waals surface area contributed by atoms with Crippen molar-refractivity contribution in [3.8, 4) is 0 Å². The summed E-state index contributed by atoms with van der Waals surface area (Å²) in [6.07, 6.45) is 9.83. The number of hydrogen-bond acceptors (Lipinski definition) is 3. The first-order chi connectivity index (χ1) is 17.7. The van der Waals surface area contributed by atoms with Crippen LogP contribution >= 0.6 is 11.8 Å². The Morgan fingerprint density at radius 3 is 2.49 bits per heavy atom. The third-order valence-corrected chi connectivity index (χ3v) is 8.67. The minimum absolute atomic E-state index is 0.173. The van der Waals surface area contributed by atoms with Gasteiger partial charge in [-0.2, -0.15) is 4.57 Å². The number of thioether (sulfide) groups is 1. The second kappa shape index (κ2) is 12.3. The van der Waals surface area contributed by atoms with Crippen LogP contribution < -0.4 is 9.47 Å². The number of pyridine rings is 1. The zero-order valence-electron chi connectivity index (χ0n) is 23.2. The summed E-state index contributed by atoms with van der Waals surface area (Å²) in [7, 11) is 6.83. The Bertz CT molecular complexity index is 1260. The SMILES string of the molecule is CC(C)C(=O)CCCCC[N+](C)(C)CCC[n+]1ccc(/C=C2\Sc3ccccc3N2C)c2ccccc21. The van der Waals surface area contributed by atoms with Crippen molar-refractivity contribution in [2.24, 2.45) is 5.92 Å². The van der Waals surface area contributed by atoms with Crippen molar-refractivity contribution in [2.75, 3.05) is 39.1 Å². The molecule has 0 amide bonds. The highest BCUT2D eigenvalue weighted by Gasteiger charge is 2.22. The molecule has 2 aromatic carbocycles. The number of para-hydroxylation sites is 2. The number of Topliss-reactive ketones (excluding diaryl/α,β-unsaturated/α-hetero) is 1. The molecule has 0 spiro atoms. The van der Waals surface area contributed by atoms with E-state index in [9.17, 15) is 4.79 Å². The fourth-order valence-corrected chi connectivity index (χ4v) is 6.20. The van der Waals surface area contributed by atoms with Gasteiger partial charge >= 0.3 is 0 Å². The maximum atomic E-state index is 11.8. The molecule has 0 N–H and O–H groups in total. The zero-order valence-corrected chi connectivity index (χ0v) is 24.1. The Balaban J connectivity index is 1.36. The van der Waals surface area contributed by atoms with Crippen molar-refractivity contribution in [1.29, 1.82) is 0 Å². The molecule has 0 aliphatic carbocycles. The molecule has 0 bridgehead atoms. The lowest BCUT2D eigenvalue weighted by molar-refractivity contribution is -0.892. The summed E-state index contributed by atoms with van der Waals surface area (Å²) in [5, 5.41) is 2.56. The molecular weight excluding hydrogens is 474 g/mol. The van der Waals surface area contributed by atoms with Gasteiger partial charge in [0.1, 0.15) is 5.78 Å². The predicted molar refractivity (Wildman–Crippen MR) is 158 cm³/mol. The Kier molecular flexibility index (Phi) is 9.09. The first-order valence-corrected chi connectivity index (χ1v) is 14.5. The Morgan fingerprint density at radius 2 is 1.70 bits per heavy atom. The van der Waals surface area contributed by atoms with E-state index in [1.807, 2.05) is 25.6 Å². The third-order valence-electron chi connectivity index (χ3n) is 7.50. The average Bonchev–Trinajstić information content (AvgIpc) is 3.19. The number of aromatic nitrogens is 1. The van der Waals surface area contributed by atoms with E-state index in [1.165, 1.54) is 45.0 Å². The average molecular weight is 518 g/mol. The van der Waals surface area contributed by atoms with Gasteiger partial charge in [-0.15, -0.1) is 0 Å². The molecule has 0 radical (unpaired) electrons. The fraction of sp³-hybridized carbons (Fsp3) is 0.438. The maximum absolute atomic E-state index is 11.8. The molecule has 0 saturated heterocycles. The van der Waals surface area contributed by atoms with E-state index < -0.39 is 0 Å². The van der Waals surface area contributed by atoms with Gasteiger partial charge in [0.25, 0.3) is 0 Å². The third kappa shape index (κ3) is 7.03. The van der Waals surface area contributed by atoms with Crippen LogP contribution in [0, 0.1) is 5.92 Å². The van der Waals surface area contributed by atoms with Gasteiger partial charge in [-0.3, -0.25) is 4.79 Å². The van der Waals surface area contributed by atoms with Crippen molar-refractivity contribution in [1.82, 2.24) is 0 Å². The minimum atomic E-state index is 0.173. The van der Waals surface area contributed by atoms with Gasteiger partial charge in [-0.25, -0.2) is 0 Å². The summed E-state index contributed by atoms with van der Waals surface area (Å²) in [6, 6.07) is 19.7. The molecule has 196 valence electrons. The summed E-state index contributed by atoms with van der Waals surface area (Å²) in [5.41, 5.74) is 3.83. The summed E-state index contributed by atoms with van der Waals surface area (Å²) < 4.78 is 3.44. The number of aryl methyl sites for hydroxylation is 1. The molecule has 0 saturated carbocycles. The van der Waals surface area contributed by atoms with Gasteiger partial charge in [-0.05, 0) is 49.1 Å².